The zero-order chi connectivity index (χ0) is 17.9. The number of carbonyl (C=O) groups is 1. The van der Waals surface area contributed by atoms with Crippen molar-refractivity contribution in [3.05, 3.63) is 53.9 Å². The Kier molecular flexibility index (Phi) is 4.92. The highest BCUT2D eigenvalue weighted by Crippen LogP contribution is 2.34. The molecule has 3 rings (SSSR count). The number of amides is 1. The number of aromatic nitrogens is 1. The Morgan fingerprint density at radius 3 is 2.44 bits per heavy atom. The van der Waals surface area contributed by atoms with Crippen molar-refractivity contribution in [1.82, 2.24) is 4.98 Å². The van der Waals surface area contributed by atoms with Gasteiger partial charge in [0.1, 0.15) is 5.69 Å². The molecule has 1 aromatic carbocycles. The van der Waals surface area contributed by atoms with Gasteiger partial charge in [-0.3, -0.25) is 4.79 Å². The summed E-state index contributed by atoms with van der Waals surface area (Å²) in [7, 11) is 0. The summed E-state index contributed by atoms with van der Waals surface area (Å²) >= 11 is 0. The van der Waals surface area contributed by atoms with Crippen LogP contribution in [-0.2, 0) is 6.18 Å². The van der Waals surface area contributed by atoms with E-state index < -0.39 is 17.6 Å². The number of hydrogen-bond acceptors (Lipinski definition) is 3. The van der Waals surface area contributed by atoms with Crippen molar-refractivity contribution >= 4 is 17.3 Å². The normalized spacial score (nSPS) is 15.2. The molecule has 1 amide bonds. The van der Waals surface area contributed by atoms with Gasteiger partial charge < -0.3 is 10.6 Å². The van der Waals surface area contributed by atoms with E-state index in [1.54, 1.807) is 6.07 Å². The number of rotatable bonds is 4. The van der Waals surface area contributed by atoms with Crippen LogP contribution < -0.4 is 10.6 Å². The quantitative estimate of drug-likeness (QED) is 0.841. The number of alkyl halides is 3. The fraction of sp³-hybridized carbons (Fsp3) is 0.333. The second-order valence-electron chi connectivity index (χ2n) is 6.06. The minimum absolute atomic E-state index is 0.0638. The van der Waals surface area contributed by atoms with E-state index in [2.05, 4.69) is 15.6 Å². The van der Waals surface area contributed by atoms with Crippen LogP contribution in [0.15, 0.2) is 42.6 Å². The molecule has 4 nitrogen and oxygen atoms in total. The lowest BCUT2D eigenvalue weighted by molar-refractivity contribution is -0.136. The van der Waals surface area contributed by atoms with Gasteiger partial charge in [0, 0.05) is 6.04 Å². The molecular formula is C18H18F3N3O. The molecular weight excluding hydrogens is 331 g/mol. The average Bonchev–Trinajstić information content (AvgIpc) is 3.08. The number of halogens is 3. The van der Waals surface area contributed by atoms with Crippen molar-refractivity contribution in [2.75, 3.05) is 10.6 Å². The van der Waals surface area contributed by atoms with Crippen LogP contribution in [-0.4, -0.2) is 16.9 Å². The lowest BCUT2D eigenvalue weighted by atomic mass is 10.1. The summed E-state index contributed by atoms with van der Waals surface area (Å²) in [6, 6.07) is 8.50. The Morgan fingerprint density at radius 1 is 1.08 bits per heavy atom. The maximum atomic E-state index is 13.0. The predicted molar refractivity (Wildman–Crippen MR) is 89.5 cm³/mol. The minimum atomic E-state index is -4.54. The Balaban J connectivity index is 1.69. The maximum absolute atomic E-state index is 13.0. The molecule has 1 aliphatic carbocycles. The topological polar surface area (TPSA) is 54.0 Å². The molecule has 0 aliphatic heterocycles. The van der Waals surface area contributed by atoms with Gasteiger partial charge >= 0.3 is 6.18 Å². The molecule has 1 saturated carbocycles. The molecule has 7 heteroatoms. The van der Waals surface area contributed by atoms with E-state index in [9.17, 15) is 18.0 Å². The second-order valence-corrected chi connectivity index (χ2v) is 6.06. The largest absolute Gasteiger partial charge is 0.418 e. The number of anilines is 2. The van der Waals surface area contributed by atoms with Gasteiger partial charge in [-0.15, -0.1) is 0 Å². The van der Waals surface area contributed by atoms with Crippen molar-refractivity contribution in [3.8, 4) is 0 Å². The summed E-state index contributed by atoms with van der Waals surface area (Å²) in [5, 5.41) is 5.63. The molecule has 0 bridgehead atoms. The first kappa shape index (κ1) is 17.3. The third-order valence-electron chi connectivity index (χ3n) is 4.20. The highest BCUT2D eigenvalue weighted by Gasteiger charge is 2.33. The van der Waals surface area contributed by atoms with Gasteiger partial charge in [-0.05, 0) is 37.1 Å². The number of nitrogens with zero attached hydrogens (tertiary/aromatic N) is 1. The van der Waals surface area contributed by atoms with Gasteiger partial charge in [0.25, 0.3) is 5.91 Å². The number of hydrogen-bond donors (Lipinski definition) is 2. The highest BCUT2D eigenvalue weighted by atomic mass is 19.4. The van der Waals surface area contributed by atoms with Crippen LogP contribution >= 0.6 is 0 Å². The van der Waals surface area contributed by atoms with Crippen LogP contribution in [0.3, 0.4) is 0 Å². The molecule has 132 valence electrons. The Morgan fingerprint density at radius 2 is 1.80 bits per heavy atom. The summed E-state index contributed by atoms with van der Waals surface area (Å²) in [5.41, 5.74) is -0.300. The summed E-state index contributed by atoms with van der Waals surface area (Å²) in [5.74, 6) is -0.677. The zero-order valence-electron chi connectivity index (χ0n) is 13.4. The van der Waals surface area contributed by atoms with Gasteiger partial charge in [-0.1, -0.05) is 25.0 Å². The molecule has 2 N–H and O–H groups in total. The number of nitrogens with one attached hydrogen (secondary N) is 2. The van der Waals surface area contributed by atoms with Crippen LogP contribution in [0.4, 0.5) is 24.5 Å². The van der Waals surface area contributed by atoms with E-state index in [1.807, 2.05) is 0 Å². The van der Waals surface area contributed by atoms with Crippen molar-refractivity contribution in [3.63, 3.8) is 0 Å². The SMILES string of the molecule is O=C(Nc1ccccc1C(F)(F)F)c1ccc(NC2CCCC2)cn1. The molecule has 0 atom stereocenters. The smallest absolute Gasteiger partial charge is 0.381 e. The summed E-state index contributed by atoms with van der Waals surface area (Å²) in [4.78, 5) is 16.2. The van der Waals surface area contributed by atoms with E-state index in [4.69, 9.17) is 0 Å². The van der Waals surface area contributed by atoms with Crippen molar-refractivity contribution in [1.29, 1.82) is 0 Å². The fourth-order valence-corrected chi connectivity index (χ4v) is 2.95. The molecule has 25 heavy (non-hydrogen) atoms. The summed E-state index contributed by atoms with van der Waals surface area (Å²) in [6.45, 7) is 0. The third kappa shape index (κ3) is 4.29. The molecule has 1 aromatic heterocycles. The Labute approximate surface area is 143 Å². The average molecular weight is 349 g/mol. The van der Waals surface area contributed by atoms with Crippen LogP contribution in [0.2, 0.25) is 0 Å². The first-order valence-electron chi connectivity index (χ1n) is 8.13. The van der Waals surface area contributed by atoms with Crippen LogP contribution in [0.25, 0.3) is 0 Å². The monoisotopic (exact) mass is 349 g/mol. The number of carbonyl (C=O) groups excluding carboxylic acids is 1. The first-order valence-corrected chi connectivity index (χ1v) is 8.13. The number of pyridine rings is 1. The van der Waals surface area contributed by atoms with Gasteiger partial charge in [-0.2, -0.15) is 13.2 Å². The standard InChI is InChI=1S/C18H18F3N3O/c19-18(20,21)14-7-3-4-8-15(14)24-17(25)16-10-9-13(11-22-16)23-12-5-1-2-6-12/h3-4,7-12,23H,1-2,5-6H2,(H,24,25). The lowest BCUT2D eigenvalue weighted by Crippen LogP contribution is -2.18. The molecule has 0 saturated heterocycles. The van der Waals surface area contributed by atoms with Gasteiger partial charge in [-0.25, -0.2) is 4.98 Å². The van der Waals surface area contributed by atoms with Crippen LogP contribution in [0.1, 0.15) is 41.7 Å². The number of benzene rings is 1. The van der Waals surface area contributed by atoms with Crippen LogP contribution in [0, 0.1) is 0 Å². The van der Waals surface area contributed by atoms with E-state index >= 15 is 0 Å². The second kappa shape index (κ2) is 7.13. The number of para-hydroxylation sites is 1. The molecule has 2 aromatic rings. The zero-order valence-corrected chi connectivity index (χ0v) is 13.4. The third-order valence-corrected chi connectivity index (χ3v) is 4.20. The molecule has 0 unspecified atom stereocenters. The van der Waals surface area contributed by atoms with Gasteiger partial charge in [0.15, 0.2) is 0 Å². The van der Waals surface area contributed by atoms with Crippen molar-refractivity contribution in [2.24, 2.45) is 0 Å². The van der Waals surface area contributed by atoms with Crippen molar-refractivity contribution < 1.29 is 18.0 Å². The van der Waals surface area contributed by atoms with E-state index in [1.165, 1.54) is 43.3 Å². The molecule has 1 fully saturated rings. The van der Waals surface area contributed by atoms with Crippen LogP contribution in [0.5, 0.6) is 0 Å². The molecule has 1 aliphatic rings. The molecule has 1 heterocycles. The Bertz CT molecular complexity index is 738. The highest BCUT2D eigenvalue weighted by molar-refractivity contribution is 6.03. The Hall–Kier alpha value is -2.57. The van der Waals surface area contributed by atoms with Gasteiger partial charge in [0.2, 0.25) is 0 Å². The van der Waals surface area contributed by atoms with Gasteiger partial charge in [0.05, 0.1) is 23.1 Å². The maximum Gasteiger partial charge on any atom is 0.418 e. The predicted octanol–water partition coefficient (Wildman–Crippen LogP) is 4.71. The van der Waals surface area contributed by atoms with E-state index in [0.29, 0.717) is 6.04 Å². The van der Waals surface area contributed by atoms with Crippen molar-refractivity contribution in [2.45, 2.75) is 37.9 Å². The fourth-order valence-electron chi connectivity index (χ4n) is 2.95. The minimum Gasteiger partial charge on any atom is -0.381 e. The molecule has 0 radical (unpaired) electrons. The lowest BCUT2D eigenvalue weighted by Gasteiger charge is -2.14. The first-order chi connectivity index (χ1) is 11.9. The molecule has 0 spiro atoms. The summed E-state index contributed by atoms with van der Waals surface area (Å²) < 4.78 is 38.9. The van der Waals surface area contributed by atoms with E-state index in [-0.39, 0.29) is 11.4 Å². The van der Waals surface area contributed by atoms with E-state index in [0.717, 1.165) is 24.6 Å². The summed E-state index contributed by atoms with van der Waals surface area (Å²) in [6.07, 6.45) is 1.61.